The van der Waals surface area contributed by atoms with E-state index in [1.807, 2.05) is 0 Å². The van der Waals surface area contributed by atoms with Crippen LogP contribution in [0, 0.1) is 0 Å². The molecule has 0 unspecified atom stereocenters. The van der Waals surface area contributed by atoms with Gasteiger partial charge >= 0.3 is 6.36 Å². The van der Waals surface area contributed by atoms with Crippen molar-refractivity contribution in [2.24, 2.45) is 0 Å². The summed E-state index contributed by atoms with van der Waals surface area (Å²) in [4.78, 5) is 23.4. The molecular formula is C13H13F3N6O2S. The van der Waals surface area contributed by atoms with Gasteiger partial charge in [0.1, 0.15) is 5.75 Å². The average molecular weight is 374 g/mol. The SMILES string of the molecule is C[C@H](Sc1nc(N)nc(N)n1)C(=O)Nc1ccc(OC(F)(F)F)cc1. The summed E-state index contributed by atoms with van der Waals surface area (Å²) in [5, 5.41) is 2.11. The molecule has 1 atom stereocenters. The number of carbonyl (C=O) groups excluding carboxylic acids is 1. The summed E-state index contributed by atoms with van der Waals surface area (Å²) < 4.78 is 40.0. The van der Waals surface area contributed by atoms with Crippen LogP contribution < -0.4 is 21.5 Å². The lowest BCUT2D eigenvalue weighted by Crippen LogP contribution is -2.23. The van der Waals surface area contributed by atoms with Crippen molar-refractivity contribution in [3.8, 4) is 5.75 Å². The molecule has 0 spiro atoms. The average Bonchev–Trinajstić information content (AvgIpc) is 2.46. The largest absolute Gasteiger partial charge is 0.573 e. The Kier molecular flexibility index (Phi) is 5.51. The second-order valence-electron chi connectivity index (χ2n) is 4.66. The standard InChI is InChI=1S/C13H13F3N6O2S/c1-6(25-12-21-10(17)20-11(18)22-12)9(23)19-7-2-4-8(5-3-7)24-13(14,15)16/h2-6H,1H3,(H,19,23)(H4,17,18,20,21,22)/t6-/m0/s1. The van der Waals surface area contributed by atoms with Gasteiger partial charge in [-0.3, -0.25) is 4.79 Å². The zero-order valence-corrected chi connectivity index (χ0v) is 13.6. The smallest absolute Gasteiger partial charge is 0.406 e. The molecule has 5 N–H and O–H groups in total. The molecule has 1 amide bonds. The zero-order chi connectivity index (χ0) is 18.6. The van der Waals surface area contributed by atoms with Crippen LogP contribution in [0.5, 0.6) is 5.75 Å². The monoisotopic (exact) mass is 374 g/mol. The minimum atomic E-state index is -4.77. The molecule has 0 saturated carbocycles. The van der Waals surface area contributed by atoms with E-state index in [-0.39, 0.29) is 22.8 Å². The molecule has 25 heavy (non-hydrogen) atoms. The van der Waals surface area contributed by atoms with Crippen LogP contribution in [0.2, 0.25) is 0 Å². The molecule has 0 aliphatic heterocycles. The summed E-state index contributed by atoms with van der Waals surface area (Å²) in [7, 11) is 0. The Bertz CT molecular complexity index is 736. The maximum Gasteiger partial charge on any atom is 0.573 e. The number of nitrogens with one attached hydrogen (secondary N) is 1. The van der Waals surface area contributed by atoms with E-state index in [2.05, 4.69) is 25.0 Å². The summed E-state index contributed by atoms with van der Waals surface area (Å²) in [6.07, 6.45) is -4.77. The van der Waals surface area contributed by atoms with Crippen molar-refractivity contribution < 1.29 is 22.7 Å². The van der Waals surface area contributed by atoms with Gasteiger partial charge in [-0.15, -0.1) is 13.2 Å². The van der Waals surface area contributed by atoms with E-state index in [9.17, 15) is 18.0 Å². The molecule has 0 fully saturated rings. The highest BCUT2D eigenvalue weighted by atomic mass is 32.2. The fourth-order valence-corrected chi connectivity index (χ4v) is 2.41. The fraction of sp³-hybridized carbons (Fsp3) is 0.231. The van der Waals surface area contributed by atoms with E-state index in [0.717, 1.165) is 23.9 Å². The van der Waals surface area contributed by atoms with Crippen molar-refractivity contribution in [1.82, 2.24) is 15.0 Å². The molecule has 8 nitrogen and oxygen atoms in total. The Hall–Kier alpha value is -2.76. The van der Waals surface area contributed by atoms with Crippen LogP contribution in [0.25, 0.3) is 0 Å². The molecule has 2 rings (SSSR count). The summed E-state index contributed by atoms with van der Waals surface area (Å²) in [6.45, 7) is 1.59. The van der Waals surface area contributed by atoms with Crippen LogP contribution in [-0.4, -0.2) is 32.5 Å². The predicted molar refractivity (Wildman–Crippen MR) is 85.7 cm³/mol. The molecule has 0 saturated heterocycles. The van der Waals surface area contributed by atoms with Gasteiger partial charge in [0, 0.05) is 5.69 Å². The number of amides is 1. The van der Waals surface area contributed by atoms with Crippen molar-refractivity contribution in [2.75, 3.05) is 16.8 Å². The first-order valence-corrected chi connectivity index (χ1v) is 7.61. The number of ether oxygens (including phenoxy) is 1. The van der Waals surface area contributed by atoms with Gasteiger partial charge in [-0.25, -0.2) is 0 Å². The third-order valence-electron chi connectivity index (χ3n) is 2.66. The second kappa shape index (κ2) is 7.42. The summed E-state index contributed by atoms with van der Waals surface area (Å²) in [5.41, 5.74) is 11.2. The van der Waals surface area contributed by atoms with Gasteiger partial charge < -0.3 is 21.5 Å². The molecule has 0 aliphatic carbocycles. The Morgan fingerprint density at radius 2 is 1.72 bits per heavy atom. The molecule has 1 heterocycles. The molecule has 0 bridgehead atoms. The highest BCUT2D eigenvalue weighted by Crippen LogP contribution is 2.25. The fourth-order valence-electron chi connectivity index (χ4n) is 1.64. The number of rotatable bonds is 5. The molecule has 0 aliphatic rings. The Balaban J connectivity index is 1.96. The summed E-state index contributed by atoms with van der Waals surface area (Å²) >= 11 is 1.00. The summed E-state index contributed by atoms with van der Waals surface area (Å²) in [6, 6.07) is 4.76. The second-order valence-corrected chi connectivity index (χ2v) is 5.96. The van der Waals surface area contributed by atoms with Gasteiger partial charge in [-0.1, -0.05) is 11.8 Å². The van der Waals surface area contributed by atoms with Gasteiger partial charge in [-0.05, 0) is 31.2 Å². The van der Waals surface area contributed by atoms with E-state index in [4.69, 9.17) is 11.5 Å². The van der Waals surface area contributed by atoms with Crippen molar-refractivity contribution in [3.05, 3.63) is 24.3 Å². The number of halogens is 3. The van der Waals surface area contributed by atoms with Crippen LogP contribution in [-0.2, 0) is 4.79 Å². The number of aromatic nitrogens is 3. The molecular weight excluding hydrogens is 361 g/mol. The number of alkyl halides is 3. The third kappa shape index (κ3) is 5.99. The lowest BCUT2D eigenvalue weighted by molar-refractivity contribution is -0.274. The Labute approximate surface area is 144 Å². The number of nitrogens with zero attached hydrogens (tertiary/aromatic N) is 3. The van der Waals surface area contributed by atoms with Crippen LogP contribution >= 0.6 is 11.8 Å². The molecule has 2 aromatic rings. The highest BCUT2D eigenvalue weighted by molar-refractivity contribution is 8.00. The zero-order valence-electron chi connectivity index (χ0n) is 12.7. The van der Waals surface area contributed by atoms with Crippen molar-refractivity contribution in [2.45, 2.75) is 23.7 Å². The maximum atomic E-state index is 12.1. The van der Waals surface area contributed by atoms with Gasteiger partial charge in [0.25, 0.3) is 0 Å². The number of hydrogen-bond donors (Lipinski definition) is 3. The highest BCUT2D eigenvalue weighted by Gasteiger charge is 2.31. The number of nitrogen functional groups attached to an aromatic ring is 2. The topological polar surface area (TPSA) is 129 Å². The number of nitrogens with two attached hydrogens (primary N) is 2. The lowest BCUT2D eigenvalue weighted by Gasteiger charge is -2.12. The van der Waals surface area contributed by atoms with E-state index in [1.165, 1.54) is 12.1 Å². The molecule has 0 radical (unpaired) electrons. The first-order valence-electron chi connectivity index (χ1n) is 6.73. The van der Waals surface area contributed by atoms with Gasteiger partial charge in [-0.2, -0.15) is 15.0 Å². The van der Waals surface area contributed by atoms with Crippen molar-refractivity contribution >= 4 is 35.3 Å². The van der Waals surface area contributed by atoms with Crippen molar-refractivity contribution in [3.63, 3.8) is 0 Å². The van der Waals surface area contributed by atoms with Crippen LogP contribution in [0.15, 0.2) is 29.4 Å². The van der Waals surface area contributed by atoms with E-state index >= 15 is 0 Å². The normalized spacial score (nSPS) is 12.5. The van der Waals surface area contributed by atoms with Gasteiger partial charge in [0.15, 0.2) is 5.16 Å². The van der Waals surface area contributed by atoms with E-state index in [0.29, 0.717) is 5.69 Å². The minimum Gasteiger partial charge on any atom is -0.406 e. The number of benzene rings is 1. The Morgan fingerprint density at radius 3 is 2.24 bits per heavy atom. The molecule has 1 aromatic heterocycles. The predicted octanol–water partition coefficient (Wildman–Crippen LogP) is 2.05. The number of anilines is 3. The first-order chi connectivity index (χ1) is 11.6. The summed E-state index contributed by atoms with van der Waals surface area (Å²) in [5.74, 6) is -0.929. The van der Waals surface area contributed by atoms with Gasteiger partial charge in [0.05, 0.1) is 5.25 Å². The quantitative estimate of drug-likeness (QED) is 0.678. The lowest BCUT2D eigenvalue weighted by atomic mass is 10.3. The number of carbonyl (C=O) groups is 1. The Morgan fingerprint density at radius 1 is 1.16 bits per heavy atom. The van der Waals surface area contributed by atoms with Crippen LogP contribution in [0.1, 0.15) is 6.92 Å². The van der Waals surface area contributed by atoms with E-state index in [1.54, 1.807) is 6.92 Å². The van der Waals surface area contributed by atoms with Gasteiger partial charge in [0.2, 0.25) is 17.8 Å². The molecule has 12 heteroatoms. The van der Waals surface area contributed by atoms with Crippen molar-refractivity contribution in [1.29, 1.82) is 0 Å². The number of thioether (sulfide) groups is 1. The molecule has 134 valence electrons. The maximum absolute atomic E-state index is 12.1. The van der Waals surface area contributed by atoms with Crippen LogP contribution in [0.3, 0.4) is 0 Å². The van der Waals surface area contributed by atoms with Crippen LogP contribution in [0.4, 0.5) is 30.8 Å². The molecule has 1 aromatic carbocycles. The third-order valence-corrected chi connectivity index (χ3v) is 3.62. The minimum absolute atomic E-state index is 0.0668. The van der Waals surface area contributed by atoms with E-state index < -0.39 is 17.5 Å². The first kappa shape index (κ1) is 18.6. The number of hydrogen-bond acceptors (Lipinski definition) is 8.